The van der Waals surface area contributed by atoms with Crippen molar-refractivity contribution in [2.24, 2.45) is 0 Å². The SMILES string of the molecule is CCC/C=C/C(O)C(COC1OC(CO)C(O)C(OS(=O)(=O)O)C1O)NC(=O)C(O)CCCCCCCCCCC/C=C\CCCCCCCCCCCCCC. The fraction of sp³-hybridized carbons (Fsp3) is 0.884. The van der Waals surface area contributed by atoms with E-state index in [1.165, 1.54) is 128 Å². The quantitative estimate of drug-likeness (QED) is 0.0189. The van der Waals surface area contributed by atoms with E-state index in [4.69, 9.17) is 14.0 Å². The minimum Gasteiger partial charge on any atom is -0.394 e. The number of aliphatic hydroxyl groups excluding tert-OH is 5. The Kier molecular flexibility index (Phi) is 32.2. The zero-order valence-corrected chi connectivity index (χ0v) is 36.1. The predicted octanol–water partition coefficient (Wildman–Crippen LogP) is 7.13. The van der Waals surface area contributed by atoms with Crippen LogP contribution in [0.5, 0.6) is 0 Å². The first kappa shape index (κ1) is 53.6. The lowest BCUT2D eigenvalue weighted by Gasteiger charge is -2.41. The average Bonchev–Trinajstić information content (AvgIpc) is 3.18. The van der Waals surface area contributed by atoms with Gasteiger partial charge in [-0.25, -0.2) is 4.18 Å². The molecule has 8 unspecified atom stereocenters. The van der Waals surface area contributed by atoms with Crippen molar-refractivity contribution in [2.75, 3.05) is 13.2 Å². The fourth-order valence-electron chi connectivity index (χ4n) is 6.99. The van der Waals surface area contributed by atoms with Crippen molar-refractivity contribution >= 4 is 16.3 Å². The Labute approximate surface area is 345 Å². The summed E-state index contributed by atoms with van der Waals surface area (Å²) in [5.41, 5.74) is 0. The van der Waals surface area contributed by atoms with Gasteiger partial charge >= 0.3 is 10.4 Å². The minimum absolute atomic E-state index is 0.239. The van der Waals surface area contributed by atoms with Crippen LogP contribution in [0.3, 0.4) is 0 Å². The van der Waals surface area contributed by atoms with Gasteiger partial charge in [-0.1, -0.05) is 167 Å². The van der Waals surface area contributed by atoms with Gasteiger partial charge < -0.3 is 40.3 Å². The van der Waals surface area contributed by atoms with Gasteiger partial charge in [-0.2, -0.15) is 8.42 Å². The monoisotopic (exact) mass is 836 g/mol. The molecule has 57 heavy (non-hydrogen) atoms. The maximum atomic E-state index is 12.9. The molecule has 13 nitrogen and oxygen atoms in total. The molecular formula is C43H81NO12S. The molecule has 0 spiro atoms. The second kappa shape index (κ2) is 34.3. The van der Waals surface area contributed by atoms with Crippen LogP contribution in [-0.4, -0.2) is 107 Å². The number of rotatable bonds is 37. The molecule has 1 amide bonds. The topological polar surface area (TPSA) is 212 Å². The largest absolute Gasteiger partial charge is 0.397 e. The Hall–Kier alpha value is -1.46. The lowest BCUT2D eigenvalue weighted by Crippen LogP contribution is -2.61. The van der Waals surface area contributed by atoms with Gasteiger partial charge in [-0.15, -0.1) is 0 Å². The molecule has 0 aromatic carbocycles. The van der Waals surface area contributed by atoms with Crippen LogP contribution in [0.4, 0.5) is 0 Å². The lowest BCUT2D eigenvalue weighted by atomic mass is 9.99. The molecule has 0 saturated carbocycles. The standard InChI is InChI=1S/C43H81NO12S/c1-3-5-7-8-9-10-11-12-13-14-15-16-17-18-19-20-21-22-23-24-25-26-27-28-30-32-37(47)42(50)44-35(36(46)31-29-6-4-2)34-54-43-40(49)41(56-57(51,52)53)39(48)38(33-45)55-43/h18-19,29,31,35-41,43,45-49H,3-17,20-28,30,32-34H2,1-2H3,(H,44,50)(H,51,52,53)/b19-18-,31-29+. The molecular weight excluding hydrogens is 755 g/mol. The zero-order chi connectivity index (χ0) is 42.2. The van der Waals surface area contributed by atoms with Crippen LogP contribution in [-0.2, 0) is 28.9 Å². The summed E-state index contributed by atoms with van der Waals surface area (Å²) in [5.74, 6) is -0.716. The lowest BCUT2D eigenvalue weighted by molar-refractivity contribution is -0.298. The smallest absolute Gasteiger partial charge is 0.394 e. The molecule has 0 bridgehead atoms. The molecule has 8 atom stereocenters. The summed E-state index contributed by atoms with van der Waals surface area (Å²) in [6, 6.07) is -1.11. The maximum Gasteiger partial charge on any atom is 0.397 e. The fourth-order valence-corrected chi connectivity index (χ4v) is 7.50. The molecule has 0 radical (unpaired) electrons. The molecule has 1 heterocycles. The number of ether oxygens (including phenoxy) is 2. The van der Waals surface area contributed by atoms with E-state index >= 15 is 0 Å². The van der Waals surface area contributed by atoms with Crippen molar-refractivity contribution in [2.45, 2.75) is 230 Å². The highest BCUT2D eigenvalue weighted by Crippen LogP contribution is 2.26. The van der Waals surface area contributed by atoms with E-state index in [1.807, 2.05) is 6.92 Å². The third-order valence-corrected chi connectivity index (χ3v) is 11.0. The Morgan fingerprint density at radius 3 is 1.67 bits per heavy atom. The van der Waals surface area contributed by atoms with Gasteiger partial charge in [0.1, 0.15) is 30.5 Å². The Morgan fingerprint density at radius 2 is 1.19 bits per heavy atom. The first-order chi connectivity index (χ1) is 27.4. The molecule has 336 valence electrons. The first-order valence-corrected chi connectivity index (χ1v) is 23.7. The molecule has 0 aromatic rings. The maximum absolute atomic E-state index is 12.9. The van der Waals surface area contributed by atoms with Crippen molar-refractivity contribution in [3.63, 3.8) is 0 Å². The molecule has 14 heteroatoms. The van der Waals surface area contributed by atoms with E-state index in [2.05, 4.69) is 28.6 Å². The molecule has 0 aliphatic carbocycles. The van der Waals surface area contributed by atoms with Crippen LogP contribution < -0.4 is 5.32 Å². The Bertz CT molecular complexity index is 1140. The number of carbonyl (C=O) groups is 1. The van der Waals surface area contributed by atoms with E-state index in [0.29, 0.717) is 12.8 Å². The molecule has 7 N–H and O–H groups in total. The van der Waals surface area contributed by atoms with Gasteiger partial charge in [0.25, 0.3) is 0 Å². The molecule has 1 fully saturated rings. The van der Waals surface area contributed by atoms with Crippen LogP contribution in [0.1, 0.15) is 181 Å². The summed E-state index contributed by atoms with van der Waals surface area (Å²) in [6.45, 7) is 2.95. The van der Waals surface area contributed by atoms with Crippen LogP contribution in [0.15, 0.2) is 24.3 Å². The van der Waals surface area contributed by atoms with Crippen LogP contribution in [0, 0.1) is 0 Å². The van der Waals surface area contributed by atoms with Gasteiger partial charge in [0.05, 0.1) is 25.4 Å². The highest BCUT2D eigenvalue weighted by Gasteiger charge is 2.48. The predicted molar refractivity (Wildman–Crippen MR) is 224 cm³/mol. The van der Waals surface area contributed by atoms with E-state index in [0.717, 1.165) is 25.7 Å². The van der Waals surface area contributed by atoms with Crippen molar-refractivity contribution < 1.29 is 57.0 Å². The van der Waals surface area contributed by atoms with E-state index in [9.17, 15) is 38.7 Å². The van der Waals surface area contributed by atoms with E-state index in [-0.39, 0.29) is 6.42 Å². The molecule has 1 rings (SSSR count). The van der Waals surface area contributed by atoms with E-state index in [1.54, 1.807) is 6.08 Å². The van der Waals surface area contributed by atoms with Gasteiger partial charge in [-0.05, 0) is 38.5 Å². The molecule has 1 saturated heterocycles. The molecule has 1 aliphatic heterocycles. The van der Waals surface area contributed by atoms with Gasteiger partial charge in [0.2, 0.25) is 5.91 Å². The second-order valence-corrected chi connectivity index (χ2v) is 16.8. The Balaban J connectivity index is 2.24. The number of amides is 1. The highest BCUT2D eigenvalue weighted by molar-refractivity contribution is 7.80. The number of aliphatic hydroxyl groups is 5. The average molecular weight is 836 g/mol. The first-order valence-electron chi connectivity index (χ1n) is 22.3. The van der Waals surface area contributed by atoms with Crippen molar-refractivity contribution in [3.05, 3.63) is 24.3 Å². The van der Waals surface area contributed by atoms with Crippen molar-refractivity contribution in [1.82, 2.24) is 5.32 Å². The zero-order valence-electron chi connectivity index (χ0n) is 35.3. The van der Waals surface area contributed by atoms with Crippen LogP contribution in [0.25, 0.3) is 0 Å². The summed E-state index contributed by atoms with van der Waals surface area (Å²) in [5, 5.41) is 54.3. The van der Waals surface area contributed by atoms with Crippen LogP contribution in [0.2, 0.25) is 0 Å². The summed E-state index contributed by atoms with van der Waals surface area (Å²) < 4.78 is 47.0. The number of nitrogens with one attached hydrogen (secondary N) is 1. The Morgan fingerprint density at radius 1 is 0.702 bits per heavy atom. The van der Waals surface area contributed by atoms with Gasteiger partial charge in [0.15, 0.2) is 6.29 Å². The van der Waals surface area contributed by atoms with Gasteiger partial charge in [-0.3, -0.25) is 9.35 Å². The molecule has 0 aromatic heterocycles. The summed E-state index contributed by atoms with van der Waals surface area (Å²) in [4.78, 5) is 12.9. The number of unbranched alkanes of at least 4 members (excludes halogenated alkanes) is 22. The van der Waals surface area contributed by atoms with Crippen LogP contribution >= 0.6 is 0 Å². The summed E-state index contributed by atoms with van der Waals surface area (Å²) >= 11 is 0. The highest BCUT2D eigenvalue weighted by atomic mass is 32.3. The van der Waals surface area contributed by atoms with Gasteiger partial charge in [0, 0.05) is 0 Å². The second-order valence-electron chi connectivity index (χ2n) is 15.8. The van der Waals surface area contributed by atoms with Crippen molar-refractivity contribution in [3.8, 4) is 0 Å². The normalized spacial score (nSPS) is 22.0. The molecule has 1 aliphatic rings. The number of hydrogen-bond donors (Lipinski definition) is 7. The number of allylic oxidation sites excluding steroid dienone is 3. The third kappa shape index (κ3) is 27.1. The minimum atomic E-state index is -5.10. The summed E-state index contributed by atoms with van der Waals surface area (Å²) in [7, 11) is -5.10. The van der Waals surface area contributed by atoms with Crippen molar-refractivity contribution in [1.29, 1.82) is 0 Å². The number of hydrogen-bond acceptors (Lipinski definition) is 11. The van der Waals surface area contributed by atoms with E-state index < -0.39 is 78.5 Å². The number of carbonyl (C=O) groups excluding carboxylic acids is 1. The summed E-state index contributed by atoms with van der Waals surface area (Å²) in [6.07, 6.45) is 27.0. The third-order valence-electron chi connectivity index (χ3n) is 10.6.